The van der Waals surface area contributed by atoms with Crippen molar-refractivity contribution >= 4 is 11.9 Å². The van der Waals surface area contributed by atoms with Gasteiger partial charge in [-0.3, -0.25) is 9.69 Å². The quantitative estimate of drug-likeness (QED) is 0.680. The van der Waals surface area contributed by atoms with E-state index in [4.69, 9.17) is 0 Å². The monoisotopic (exact) mass is 441 g/mol. The molecule has 0 fully saturated rings. The largest absolute Gasteiger partial charge is 0.416 e. The first-order valence-electron chi connectivity index (χ1n) is 10.2. The van der Waals surface area contributed by atoms with Gasteiger partial charge in [0.25, 0.3) is 5.91 Å². The van der Waals surface area contributed by atoms with Gasteiger partial charge in [0.05, 0.1) is 29.4 Å². The number of alkyl halides is 3. The molecule has 3 amide bonds. The molecule has 2 aromatic rings. The smallest absolute Gasteiger partial charge is 0.333 e. The number of carbonyl (C=O) groups is 2. The van der Waals surface area contributed by atoms with Crippen LogP contribution in [0.1, 0.15) is 22.7 Å². The van der Waals surface area contributed by atoms with Crippen LogP contribution >= 0.6 is 0 Å². The van der Waals surface area contributed by atoms with Gasteiger partial charge in [-0.2, -0.15) is 13.2 Å². The second kappa shape index (κ2) is 8.53. The second-order valence-electron chi connectivity index (χ2n) is 7.72. The Hall–Kier alpha value is -3.55. The van der Waals surface area contributed by atoms with E-state index in [9.17, 15) is 22.8 Å². The Labute approximate surface area is 183 Å². The van der Waals surface area contributed by atoms with E-state index in [1.807, 2.05) is 30.3 Å². The fourth-order valence-corrected chi connectivity index (χ4v) is 4.07. The first-order valence-corrected chi connectivity index (χ1v) is 10.2. The normalized spacial score (nSPS) is 18.7. The van der Waals surface area contributed by atoms with E-state index in [-0.39, 0.29) is 19.0 Å². The molecule has 8 heteroatoms. The highest BCUT2D eigenvalue weighted by molar-refractivity contribution is 6.01. The van der Waals surface area contributed by atoms with Gasteiger partial charge in [0, 0.05) is 13.1 Å². The third-order valence-electron chi connectivity index (χ3n) is 5.69. The molecule has 5 nitrogen and oxygen atoms in total. The first kappa shape index (κ1) is 21.7. The van der Waals surface area contributed by atoms with Gasteiger partial charge < -0.3 is 10.2 Å². The van der Waals surface area contributed by atoms with Crippen molar-refractivity contribution in [2.45, 2.75) is 18.6 Å². The number of benzene rings is 2. The molecule has 4 rings (SSSR count). The van der Waals surface area contributed by atoms with Crippen LogP contribution in [0, 0.1) is 0 Å². The van der Waals surface area contributed by atoms with E-state index in [2.05, 4.69) is 11.9 Å². The molecular weight excluding hydrogens is 419 g/mol. The highest BCUT2D eigenvalue weighted by atomic mass is 19.4. The van der Waals surface area contributed by atoms with Crippen LogP contribution < -0.4 is 5.32 Å². The SMILES string of the molecule is C=CCN1C(=O)NC(c2ccc(C(F)(F)F)cc2)C2=C1CN(CCc1ccccc1)C2=O. The minimum atomic E-state index is -4.46. The van der Waals surface area contributed by atoms with Crippen LogP contribution in [0.15, 0.2) is 78.5 Å². The predicted octanol–water partition coefficient (Wildman–Crippen LogP) is 4.30. The average molecular weight is 441 g/mol. The molecule has 1 unspecified atom stereocenters. The Bertz CT molecular complexity index is 1060. The molecule has 32 heavy (non-hydrogen) atoms. The predicted molar refractivity (Wildman–Crippen MR) is 113 cm³/mol. The van der Waals surface area contributed by atoms with Crippen molar-refractivity contribution in [1.82, 2.24) is 15.1 Å². The van der Waals surface area contributed by atoms with Crippen molar-refractivity contribution in [1.29, 1.82) is 0 Å². The Morgan fingerprint density at radius 3 is 2.38 bits per heavy atom. The maximum atomic E-state index is 13.3. The van der Waals surface area contributed by atoms with Crippen LogP contribution in [0.25, 0.3) is 0 Å². The second-order valence-corrected chi connectivity index (χ2v) is 7.72. The standard InChI is InChI=1S/C24H22F3N3O2/c1-2-13-30-19-15-29(14-12-16-6-4-3-5-7-16)22(31)20(19)21(28-23(30)32)17-8-10-18(11-9-17)24(25,26)27/h2-11,21H,1,12-15H2,(H,28,32). The van der Waals surface area contributed by atoms with Crippen molar-refractivity contribution in [2.24, 2.45) is 0 Å². The summed E-state index contributed by atoms with van der Waals surface area (Å²) < 4.78 is 38.9. The summed E-state index contributed by atoms with van der Waals surface area (Å²) in [5.74, 6) is -0.227. The summed E-state index contributed by atoms with van der Waals surface area (Å²) in [6.45, 7) is 4.63. The molecule has 2 aromatic carbocycles. The molecule has 0 aromatic heterocycles. The lowest BCUT2D eigenvalue weighted by Crippen LogP contribution is -2.47. The lowest BCUT2D eigenvalue weighted by molar-refractivity contribution is -0.137. The van der Waals surface area contributed by atoms with Crippen molar-refractivity contribution in [3.63, 3.8) is 0 Å². The fourth-order valence-electron chi connectivity index (χ4n) is 4.07. The van der Waals surface area contributed by atoms with Gasteiger partial charge in [-0.1, -0.05) is 48.5 Å². The molecule has 0 bridgehead atoms. The van der Waals surface area contributed by atoms with Crippen molar-refractivity contribution in [2.75, 3.05) is 19.6 Å². The van der Waals surface area contributed by atoms with Gasteiger partial charge in [-0.15, -0.1) is 6.58 Å². The Morgan fingerprint density at radius 1 is 1.06 bits per heavy atom. The van der Waals surface area contributed by atoms with Crippen LogP contribution in [0.3, 0.4) is 0 Å². The lowest BCUT2D eigenvalue weighted by Gasteiger charge is -2.33. The summed E-state index contributed by atoms with van der Waals surface area (Å²) in [4.78, 5) is 29.2. The van der Waals surface area contributed by atoms with Gasteiger partial charge in [0.15, 0.2) is 0 Å². The van der Waals surface area contributed by atoms with Crippen molar-refractivity contribution in [3.8, 4) is 0 Å². The highest BCUT2D eigenvalue weighted by Crippen LogP contribution is 2.37. The number of hydrogen-bond acceptors (Lipinski definition) is 2. The summed E-state index contributed by atoms with van der Waals surface area (Å²) in [7, 11) is 0. The molecule has 2 heterocycles. The number of nitrogens with zero attached hydrogens (tertiary/aromatic N) is 2. The van der Waals surface area contributed by atoms with Gasteiger partial charge in [-0.25, -0.2) is 4.79 Å². The van der Waals surface area contributed by atoms with Crippen molar-refractivity contribution in [3.05, 3.63) is 95.2 Å². The molecule has 0 saturated carbocycles. The molecule has 0 radical (unpaired) electrons. The van der Waals surface area contributed by atoms with E-state index < -0.39 is 23.8 Å². The summed E-state index contributed by atoms with van der Waals surface area (Å²) in [5.41, 5.74) is 1.68. The minimum absolute atomic E-state index is 0.226. The van der Waals surface area contributed by atoms with E-state index in [1.54, 1.807) is 11.0 Å². The molecule has 0 aliphatic carbocycles. The zero-order chi connectivity index (χ0) is 22.9. The van der Waals surface area contributed by atoms with Crippen molar-refractivity contribution < 1.29 is 22.8 Å². The number of urea groups is 1. The third-order valence-corrected chi connectivity index (χ3v) is 5.69. The molecule has 166 valence electrons. The third kappa shape index (κ3) is 4.12. The molecule has 0 saturated heterocycles. The van der Waals surface area contributed by atoms with Crippen LogP contribution in [-0.2, 0) is 17.4 Å². The van der Waals surface area contributed by atoms with E-state index in [0.717, 1.165) is 17.7 Å². The van der Waals surface area contributed by atoms with Crippen LogP contribution in [0.4, 0.5) is 18.0 Å². The molecule has 0 spiro atoms. The van der Waals surface area contributed by atoms with E-state index in [0.29, 0.717) is 29.8 Å². The Balaban J connectivity index is 1.63. The van der Waals surface area contributed by atoms with E-state index >= 15 is 0 Å². The van der Waals surface area contributed by atoms with Gasteiger partial charge in [-0.05, 0) is 29.7 Å². The van der Waals surface area contributed by atoms with Gasteiger partial charge in [0.2, 0.25) is 0 Å². The molecule has 1 atom stereocenters. The summed E-state index contributed by atoms with van der Waals surface area (Å²) in [6, 6.07) is 13.1. The highest BCUT2D eigenvalue weighted by Gasteiger charge is 2.43. The van der Waals surface area contributed by atoms with Gasteiger partial charge in [0.1, 0.15) is 0 Å². The topological polar surface area (TPSA) is 52.7 Å². The molecule has 2 aliphatic rings. The molecule has 2 aliphatic heterocycles. The first-order chi connectivity index (χ1) is 15.3. The number of hydrogen-bond donors (Lipinski definition) is 1. The number of rotatable bonds is 6. The van der Waals surface area contributed by atoms with Crippen LogP contribution in [0.2, 0.25) is 0 Å². The average Bonchev–Trinajstić information content (AvgIpc) is 3.10. The zero-order valence-electron chi connectivity index (χ0n) is 17.2. The Morgan fingerprint density at radius 2 is 1.75 bits per heavy atom. The summed E-state index contributed by atoms with van der Waals surface area (Å²) in [5, 5.41) is 2.77. The summed E-state index contributed by atoms with van der Waals surface area (Å²) >= 11 is 0. The number of nitrogens with one attached hydrogen (secondary N) is 1. The number of halogens is 3. The Kier molecular flexibility index (Phi) is 5.78. The number of amides is 3. The minimum Gasteiger partial charge on any atom is -0.333 e. The summed E-state index contributed by atoms with van der Waals surface area (Å²) in [6.07, 6.45) is -2.24. The van der Waals surface area contributed by atoms with Crippen LogP contribution in [0.5, 0.6) is 0 Å². The maximum absolute atomic E-state index is 13.3. The fraction of sp³-hybridized carbons (Fsp3) is 0.250. The zero-order valence-corrected chi connectivity index (χ0v) is 17.2. The van der Waals surface area contributed by atoms with Crippen LogP contribution in [-0.4, -0.2) is 41.4 Å². The number of carbonyl (C=O) groups excluding carboxylic acids is 2. The van der Waals surface area contributed by atoms with E-state index in [1.165, 1.54) is 17.0 Å². The lowest BCUT2D eigenvalue weighted by atomic mass is 9.94. The van der Waals surface area contributed by atoms with Gasteiger partial charge >= 0.3 is 12.2 Å². The molecule has 1 N–H and O–H groups in total. The molecular formula is C24H22F3N3O2. The maximum Gasteiger partial charge on any atom is 0.416 e.